The molecule has 2 fully saturated rings. The lowest BCUT2D eigenvalue weighted by Crippen LogP contribution is -2.50. The molecule has 2 aliphatic heterocycles. The number of aliphatic hydroxyl groups excluding tert-OH is 1. The van der Waals surface area contributed by atoms with E-state index >= 15 is 4.39 Å². The van der Waals surface area contributed by atoms with Crippen LogP contribution in [0.15, 0.2) is 24.4 Å². The standard InChI is InChI=1S/C23H29FN6O2/c1-13-6-15-9-25-23(27-22-7-14(2)28-29(22)3)26-19(15)8-17(13)16-4-5-30(10-18(16)24)20-11-32-12-21(20)31/h6-9,16,18,20-21,31H,4-5,10-12H2,1-3H3,(H,25,26,27)/t16?,18-,20+,21?/m0/s1. The van der Waals surface area contributed by atoms with Gasteiger partial charge in [0.05, 0.1) is 36.6 Å². The third-order valence-corrected chi connectivity index (χ3v) is 6.67. The average molecular weight is 441 g/mol. The summed E-state index contributed by atoms with van der Waals surface area (Å²) in [4.78, 5) is 11.2. The van der Waals surface area contributed by atoms with Gasteiger partial charge in [0.2, 0.25) is 5.95 Å². The summed E-state index contributed by atoms with van der Waals surface area (Å²) in [7, 11) is 1.86. The Morgan fingerprint density at radius 2 is 2.06 bits per heavy atom. The van der Waals surface area contributed by atoms with Crippen LogP contribution in [0.3, 0.4) is 0 Å². The van der Waals surface area contributed by atoms with Gasteiger partial charge in [-0.2, -0.15) is 5.10 Å². The van der Waals surface area contributed by atoms with Crippen molar-refractivity contribution in [2.45, 2.75) is 44.5 Å². The van der Waals surface area contributed by atoms with E-state index in [2.05, 4.69) is 20.4 Å². The van der Waals surface area contributed by atoms with Gasteiger partial charge in [-0.1, -0.05) is 0 Å². The molecule has 2 N–H and O–H groups in total. The Morgan fingerprint density at radius 3 is 2.75 bits per heavy atom. The third kappa shape index (κ3) is 3.96. The minimum absolute atomic E-state index is 0.107. The minimum Gasteiger partial charge on any atom is -0.389 e. The molecule has 0 bridgehead atoms. The molecule has 0 radical (unpaired) electrons. The first kappa shape index (κ1) is 21.2. The maximum Gasteiger partial charge on any atom is 0.228 e. The number of halogens is 1. The van der Waals surface area contributed by atoms with Gasteiger partial charge in [0.15, 0.2) is 0 Å². The normalized spacial score (nSPS) is 26.7. The lowest BCUT2D eigenvalue weighted by molar-refractivity contribution is 0.0352. The van der Waals surface area contributed by atoms with Crippen molar-refractivity contribution in [2.75, 3.05) is 31.6 Å². The van der Waals surface area contributed by atoms with Gasteiger partial charge in [-0.3, -0.25) is 9.58 Å². The number of aryl methyl sites for hydroxylation is 3. The van der Waals surface area contributed by atoms with E-state index in [0.717, 1.165) is 40.1 Å². The topological polar surface area (TPSA) is 88.3 Å². The molecular weight excluding hydrogens is 411 g/mol. The number of ether oxygens (including phenoxy) is 1. The van der Waals surface area contributed by atoms with Gasteiger partial charge < -0.3 is 15.2 Å². The number of likely N-dealkylation sites (tertiary alicyclic amines) is 1. The van der Waals surface area contributed by atoms with Crippen molar-refractivity contribution >= 4 is 22.7 Å². The predicted octanol–water partition coefficient (Wildman–Crippen LogP) is 2.61. The van der Waals surface area contributed by atoms with Gasteiger partial charge in [0.25, 0.3) is 0 Å². The second-order valence-corrected chi connectivity index (χ2v) is 8.96. The molecule has 170 valence electrons. The number of rotatable bonds is 4. The zero-order chi connectivity index (χ0) is 22.4. The zero-order valence-electron chi connectivity index (χ0n) is 18.6. The number of nitrogens with one attached hydrogen (secondary N) is 1. The Bertz CT molecular complexity index is 1140. The van der Waals surface area contributed by atoms with E-state index in [1.807, 2.05) is 44.0 Å². The van der Waals surface area contributed by atoms with Crippen LogP contribution in [0, 0.1) is 13.8 Å². The van der Waals surface area contributed by atoms with E-state index in [1.165, 1.54) is 0 Å². The first-order valence-electron chi connectivity index (χ1n) is 11.1. The quantitative estimate of drug-likeness (QED) is 0.645. The Morgan fingerprint density at radius 1 is 1.22 bits per heavy atom. The van der Waals surface area contributed by atoms with Crippen LogP contribution < -0.4 is 5.32 Å². The fourth-order valence-corrected chi connectivity index (χ4v) is 4.97. The number of nitrogens with zero attached hydrogens (tertiary/aromatic N) is 5. The van der Waals surface area contributed by atoms with Crippen LogP contribution >= 0.6 is 0 Å². The molecule has 2 aromatic heterocycles. The van der Waals surface area contributed by atoms with Crippen molar-refractivity contribution in [2.24, 2.45) is 7.05 Å². The van der Waals surface area contributed by atoms with Gasteiger partial charge in [0.1, 0.15) is 12.0 Å². The van der Waals surface area contributed by atoms with Crippen LogP contribution in [0.1, 0.15) is 29.2 Å². The average Bonchev–Trinajstić information content (AvgIpc) is 3.32. The largest absolute Gasteiger partial charge is 0.389 e. The lowest BCUT2D eigenvalue weighted by Gasteiger charge is -2.39. The lowest BCUT2D eigenvalue weighted by atomic mass is 9.84. The summed E-state index contributed by atoms with van der Waals surface area (Å²) in [5, 5.41) is 18.6. The maximum absolute atomic E-state index is 15.3. The highest BCUT2D eigenvalue weighted by Gasteiger charge is 2.38. The first-order valence-corrected chi connectivity index (χ1v) is 11.1. The number of aliphatic hydroxyl groups is 1. The van der Waals surface area contributed by atoms with Gasteiger partial charge in [0, 0.05) is 37.2 Å². The second-order valence-electron chi connectivity index (χ2n) is 8.96. The van der Waals surface area contributed by atoms with Crippen molar-refractivity contribution in [1.82, 2.24) is 24.6 Å². The summed E-state index contributed by atoms with van der Waals surface area (Å²) in [5.41, 5.74) is 3.74. The number of anilines is 2. The number of aromatic nitrogens is 4. The van der Waals surface area contributed by atoms with Crippen LogP contribution in [-0.4, -0.2) is 74.4 Å². The van der Waals surface area contributed by atoms with Crippen LogP contribution in [0.4, 0.5) is 16.2 Å². The minimum atomic E-state index is -1.01. The SMILES string of the molecule is Cc1cc(Nc2ncc3cc(C)c(C4CCN([C@@H]5COCC5O)C[C@@H]4F)cc3n2)n(C)n1. The molecule has 2 unspecified atom stereocenters. The molecule has 0 aliphatic carbocycles. The Balaban J connectivity index is 1.39. The van der Waals surface area contributed by atoms with E-state index < -0.39 is 12.3 Å². The molecule has 8 nitrogen and oxygen atoms in total. The fraction of sp³-hybridized carbons (Fsp3) is 0.522. The molecule has 0 spiro atoms. The number of fused-ring (bicyclic) bond motifs is 1. The summed E-state index contributed by atoms with van der Waals surface area (Å²) >= 11 is 0. The summed E-state index contributed by atoms with van der Waals surface area (Å²) in [5.74, 6) is 1.10. The number of benzene rings is 1. The molecule has 9 heteroatoms. The van der Waals surface area contributed by atoms with E-state index in [0.29, 0.717) is 32.1 Å². The number of hydrogen-bond donors (Lipinski definition) is 2. The molecule has 4 heterocycles. The molecule has 0 saturated carbocycles. The van der Waals surface area contributed by atoms with E-state index in [-0.39, 0.29) is 12.0 Å². The molecule has 3 aromatic rings. The summed E-state index contributed by atoms with van der Waals surface area (Å²) in [6.45, 7) is 5.80. The number of piperidine rings is 1. The Kier molecular flexibility index (Phi) is 5.56. The molecular formula is C23H29FN6O2. The molecule has 4 atom stereocenters. The first-order chi connectivity index (χ1) is 15.4. The Hall–Kier alpha value is -2.62. The highest BCUT2D eigenvalue weighted by Crippen LogP contribution is 2.35. The highest BCUT2D eigenvalue weighted by atomic mass is 19.1. The number of alkyl halides is 1. The van der Waals surface area contributed by atoms with E-state index in [4.69, 9.17) is 4.74 Å². The van der Waals surface area contributed by atoms with Crippen molar-refractivity contribution in [3.05, 3.63) is 41.2 Å². The van der Waals surface area contributed by atoms with Crippen molar-refractivity contribution < 1.29 is 14.2 Å². The third-order valence-electron chi connectivity index (χ3n) is 6.67. The van der Waals surface area contributed by atoms with Gasteiger partial charge >= 0.3 is 0 Å². The van der Waals surface area contributed by atoms with Crippen LogP contribution in [0.25, 0.3) is 10.9 Å². The van der Waals surface area contributed by atoms with Crippen LogP contribution in [-0.2, 0) is 11.8 Å². The van der Waals surface area contributed by atoms with Crippen molar-refractivity contribution in [3.8, 4) is 0 Å². The molecule has 2 saturated heterocycles. The van der Waals surface area contributed by atoms with Crippen molar-refractivity contribution in [1.29, 1.82) is 0 Å². The van der Waals surface area contributed by atoms with Gasteiger partial charge in [-0.25, -0.2) is 14.4 Å². The molecule has 0 amide bonds. The predicted molar refractivity (Wildman–Crippen MR) is 120 cm³/mol. The second kappa shape index (κ2) is 8.38. The van der Waals surface area contributed by atoms with Gasteiger partial charge in [-0.15, -0.1) is 0 Å². The number of hydrogen-bond acceptors (Lipinski definition) is 7. The summed E-state index contributed by atoms with van der Waals surface area (Å²) in [6.07, 6.45) is 0.944. The van der Waals surface area contributed by atoms with Crippen molar-refractivity contribution in [3.63, 3.8) is 0 Å². The molecule has 1 aromatic carbocycles. The summed E-state index contributed by atoms with van der Waals surface area (Å²) < 4.78 is 22.4. The molecule has 5 rings (SSSR count). The van der Waals surface area contributed by atoms with E-state index in [9.17, 15) is 5.11 Å². The zero-order valence-corrected chi connectivity index (χ0v) is 18.6. The monoisotopic (exact) mass is 440 g/mol. The Labute approximate surface area is 186 Å². The fourth-order valence-electron chi connectivity index (χ4n) is 4.97. The van der Waals surface area contributed by atoms with E-state index in [1.54, 1.807) is 10.9 Å². The smallest absolute Gasteiger partial charge is 0.228 e. The molecule has 32 heavy (non-hydrogen) atoms. The molecule has 2 aliphatic rings. The van der Waals surface area contributed by atoms with Gasteiger partial charge in [-0.05, 0) is 50.1 Å². The van der Waals surface area contributed by atoms with Crippen LogP contribution in [0.5, 0.6) is 0 Å². The van der Waals surface area contributed by atoms with Crippen LogP contribution in [0.2, 0.25) is 0 Å². The summed E-state index contributed by atoms with van der Waals surface area (Å²) in [6, 6.07) is 5.87. The highest BCUT2D eigenvalue weighted by molar-refractivity contribution is 5.81. The maximum atomic E-state index is 15.3.